The first-order valence-corrected chi connectivity index (χ1v) is 35.5. The molecule has 0 unspecified atom stereocenters. The Morgan fingerprint density at radius 3 is 1.23 bits per heavy atom. The molecule has 582 valence electrons. The summed E-state index contributed by atoms with van der Waals surface area (Å²) in [4.78, 5) is 81.8. The maximum absolute atomic E-state index is 14.3. The van der Waals surface area contributed by atoms with E-state index in [1.165, 1.54) is 0 Å². The Kier molecular flexibility index (Phi) is 30.9. The summed E-state index contributed by atoms with van der Waals surface area (Å²) in [5, 5.41) is 114. The third-order valence-corrected chi connectivity index (χ3v) is 18.4. The number of aliphatic hydroxyl groups excluding tert-OH is 8. The van der Waals surface area contributed by atoms with Gasteiger partial charge in [-0.25, -0.2) is 24.0 Å². The molecule has 0 bridgehead atoms. The summed E-state index contributed by atoms with van der Waals surface area (Å²) in [7, 11) is 0. The Hall–Kier alpha value is -9.46. The largest absolute Gasteiger partial charge is 0.445 e. The normalized spacial score (nSPS) is 27.6. The Labute approximate surface area is 622 Å². The lowest BCUT2D eigenvalue weighted by Crippen LogP contribution is -2.70. The minimum absolute atomic E-state index is 0.0813. The van der Waals surface area contributed by atoms with E-state index in [0.29, 0.717) is 47.2 Å². The van der Waals surface area contributed by atoms with Gasteiger partial charge in [0.2, 0.25) is 5.91 Å². The third-order valence-electron chi connectivity index (χ3n) is 18.4. The van der Waals surface area contributed by atoms with Crippen LogP contribution in [-0.4, -0.2) is 232 Å². The van der Waals surface area contributed by atoms with Gasteiger partial charge in [0, 0.05) is 19.6 Å². The van der Waals surface area contributed by atoms with Crippen LogP contribution in [0.1, 0.15) is 52.6 Å². The smallest absolute Gasteiger partial charge is 0.407 e. The number of aliphatic hydroxyl groups is 8. The third kappa shape index (κ3) is 23.8. The second-order valence-corrected chi connectivity index (χ2v) is 26.2. The van der Waals surface area contributed by atoms with Crippen molar-refractivity contribution < 1.29 is 122 Å². The molecule has 6 aromatic carbocycles. The van der Waals surface area contributed by atoms with Gasteiger partial charge >= 0.3 is 30.5 Å². The molecule has 3 saturated heterocycles. The van der Waals surface area contributed by atoms with Crippen LogP contribution < -0.4 is 37.2 Å². The first-order chi connectivity index (χ1) is 52.4. The van der Waals surface area contributed by atoms with Crippen molar-refractivity contribution in [1.29, 1.82) is 0 Å². The van der Waals surface area contributed by atoms with Crippen molar-refractivity contribution in [3.05, 3.63) is 215 Å². The lowest BCUT2D eigenvalue weighted by molar-refractivity contribution is -0.311. The maximum Gasteiger partial charge on any atom is 0.407 e. The van der Waals surface area contributed by atoms with E-state index in [1.807, 2.05) is 30.3 Å². The van der Waals surface area contributed by atoms with Crippen LogP contribution in [-0.2, 0) is 96.4 Å². The molecule has 3 aliphatic heterocycles. The van der Waals surface area contributed by atoms with Crippen LogP contribution in [0.3, 0.4) is 0 Å². The van der Waals surface area contributed by atoms with Crippen molar-refractivity contribution in [2.45, 2.75) is 181 Å². The molecule has 0 spiro atoms. The molecule has 10 rings (SSSR count). The van der Waals surface area contributed by atoms with Gasteiger partial charge in [0.15, 0.2) is 18.9 Å². The fourth-order valence-corrected chi connectivity index (χ4v) is 12.6. The molecule has 4 fully saturated rings. The molecule has 6 aromatic rings. The summed E-state index contributed by atoms with van der Waals surface area (Å²) in [6, 6.07) is 46.1. The predicted octanol–water partition coefficient (Wildman–Crippen LogP) is 2.07. The Balaban J connectivity index is 0.950. The molecular weight excluding hydrogens is 1410 g/mol. The lowest BCUT2D eigenvalue weighted by atomic mass is 9.83. The second-order valence-electron chi connectivity index (χ2n) is 26.2. The van der Waals surface area contributed by atoms with Gasteiger partial charge in [-0.2, -0.15) is 0 Å². The minimum atomic E-state index is -2.13. The van der Waals surface area contributed by atoms with E-state index >= 15 is 0 Å². The number of carbonyl (C=O) groups is 6. The van der Waals surface area contributed by atoms with E-state index in [4.69, 9.17) is 52.1 Å². The molecule has 32 nitrogen and oxygen atoms in total. The molecule has 15 N–H and O–H groups in total. The van der Waals surface area contributed by atoms with Crippen LogP contribution in [0.4, 0.5) is 24.0 Å². The van der Waals surface area contributed by atoms with E-state index in [9.17, 15) is 69.6 Å². The number of aryl methyl sites for hydroxylation is 1. The van der Waals surface area contributed by atoms with Crippen molar-refractivity contribution in [3.63, 3.8) is 0 Å². The first-order valence-electron chi connectivity index (χ1n) is 35.5. The Bertz CT molecular complexity index is 3730. The Morgan fingerprint density at radius 2 is 0.778 bits per heavy atom. The van der Waals surface area contributed by atoms with Gasteiger partial charge in [-0.1, -0.05) is 182 Å². The van der Waals surface area contributed by atoms with Crippen LogP contribution in [0.25, 0.3) is 0 Å². The number of amides is 6. The number of nitrogens with one attached hydrogen (secondary N) is 7. The number of benzene rings is 6. The zero-order valence-electron chi connectivity index (χ0n) is 58.8. The molecule has 1 saturated carbocycles. The Morgan fingerprint density at radius 1 is 0.389 bits per heavy atom. The summed E-state index contributed by atoms with van der Waals surface area (Å²) >= 11 is 0. The molecule has 3 heterocycles. The van der Waals surface area contributed by atoms with Gasteiger partial charge in [-0.05, 0) is 65.6 Å². The highest BCUT2D eigenvalue weighted by Crippen LogP contribution is 2.36. The van der Waals surface area contributed by atoms with E-state index in [1.54, 1.807) is 152 Å². The summed E-state index contributed by atoms with van der Waals surface area (Å²) < 4.78 is 66.1. The summed E-state index contributed by atoms with van der Waals surface area (Å²) in [6.45, 7) is -2.60. The van der Waals surface area contributed by atoms with Crippen LogP contribution in [0, 0.1) is 0 Å². The number of rotatable bonds is 33. The molecule has 4 aliphatic rings. The van der Waals surface area contributed by atoms with E-state index < -0.39 is 185 Å². The van der Waals surface area contributed by atoms with Gasteiger partial charge < -0.3 is 130 Å². The standard InChI is InChI=1S/C76H93N7O25/c84-39-56-66(107-70-58(83-76(97)102-44-50-30-17-6-18-31-50)63(90)61(88)55(104-70)38-79-73(94)99-41-47-24-11-3-12-25-47)64(91)71(105-56)108-67-59(86)51(80-68(92)53(85)33-35-78-72(93)98-40-46-22-9-2-10-23-46)36-52(81-74(95)100-42-48-26-13-4-14-27-48)65(67)106-69-57(82-75(96)101-43-49-28-15-5-16-29-49)62(89)60(87)54(103-69)37-77-34-19-32-45-20-7-1-8-21-45/h1-18,20-31,51-67,69-71,77,84-91H,19,32-44H2,(H,78,93)(H,79,94)(H,80,92)(H,81,95)(H,82,96)(H,83,97)/t51-,52+,53+,54-,55+,56-,57-,58-,59+,60-,61-,62-,63-,64-,65-,66-,67-,69-,70-,71+/m1/s1. The topological polar surface area (TPSA) is 450 Å². The highest BCUT2D eigenvalue weighted by atomic mass is 16.8. The van der Waals surface area contributed by atoms with Crippen LogP contribution >= 0.6 is 0 Å². The van der Waals surface area contributed by atoms with Gasteiger partial charge in [0.25, 0.3) is 0 Å². The monoisotopic (exact) mass is 1500 g/mol. The SMILES string of the molecule is O=C(NCC[C@H](O)C(=O)N[C@@H]1C[C@H](NC(=O)OCc2ccccc2)[C@@H](O[C@H]2O[C@H](CNCCCc3ccccc3)[C@@H](O)[C@H](O)[C@H]2NC(=O)OCc2ccccc2)[C@H](O[C@@H]2O[C@H](CO)[C@@H](O[C@H]3O[C@@H](CNC(=O)OCc4ccccc4)[C@@H](O)[C@H](O)[C@H]3NC(=O)OCc3ccccc3)[C@H]2O)[C@H]1O)OCc1ccccc1. The van der Waals surface area contributed by atoms with Crippen LogP contribution in [0.5, 0.6) is 0 Å². The molecular formula is C76H93N7O25. The van der Waals surface area contributed by atoms with Crippen molar-refractivity contribution in [2.24, 2.45) is 0 Å². The van der Waals surface area contributed by atoms with Crippen molar-refractivity contribution in [2.75, 3.05) is 32.8 Å². The van der Waals surface area contributed by atoms with Gasteiger partial charge in [0.05, 0.1) is 18.7 Å². The predicted molar refractivity (Wildman–Crippen MR) is 378 cm³/mol. The van der Waals surface area contributed by atoms with Crippen molar-refractivity contribution in [3.8, 4) is 0 Å². The highest BCUT2D eigenvalue weighted by molar-refractivity contribution is 5.81. The first kappa shape index (κ1) is 81.1. The molecule has 32 heteroatoms. The highest BCUT2D eigenvalue weighted by Gasteiger charge is 2.57. The fourth-order valence-electron chi connectivity index (χ4n) is 12.6. The summed E-state index contributed by atoms with van der Waals surface area (Å²) in [6.07, 6.45) is -34.6. The van der Waals surface area contributed by atoms with Crippen molar-refractivity contribution in [1.82, 2.24) is 37.2 Å². The zero-order valence-corrected chi connectivity index (χ0v) is 58.8. The van der Waals surface area contributed by atoms with E-state index in [2.05, 4.69) is 37.2 Å². The minimum Gasteiger partial charge on any atom is -0.445 e. The molecule has 1 aliphatic carbocycles. The average molecular weight is 1500 g/mol. The molecule has 6 amide bonds. The average Bonchev–Trinajstić information content (AvgIpc) is 0.934. The maximum atomic E-state index is 14.3. The van der Waals surface area contributed by atoms with E-state index in [0.717, 1.165) is 5.56 Å². The number of alkyl carbamates (subject to hydrolysis) is 5. The quantitative estimate of drug-likeness (QED) is 0.0207. The second kappa shape index (κ2) is 41.2. The van der Waals surface area contributed by atoms with Crippen LogP contribution in [0.15, 0.2) is 182 Å². The van der Waals surface area contributed by atoms with Gasteiger partial charge in [-0.3, -0.25) is 4.79 Å². The van der Waals surface area contributed by atoms with Gasteiger partial charge in [-0.15, -0.1) is 0 Å². The summed E-state index contributed by atoms with van der Waals surface area (Å²) in [5.74, 6) is -1.11. The number of carbonyl (C=O) groups excluding carboxylic acids is 6. The van der Waals surface area contributed by atoms with Crippen molar-refractivity contribution >= 4 is 36.4 Å². The number of ether oxygens (including phenoxy) is 11. The zero-order chi connectivity index (χ0) is 76.3. The summed E-state index contributed by atoms with van der Waals surface area (Å²) in [5.41, 5.74) is 4.12. The number of hydrogen-bond acceptors (Lipinski definition) is 26. The molecule has 0 aromatic heterocycles. The van der Waals surface area contributed by atoms with E-state index in [-0.39, 0.29) is 46.1 Å². The number of hydrogen-bond donors (Lipinski definition) is 15. The molecule has 20 atom stereocenters. The molecule has 108 heavy (non-hydrogen) atoms. The van der Waals surface area contributed by atoms with Crippen LogP contribution in [0.2, 0.25) is 0 Å². The fraction of sp³-hybridized carbons (Fsp3) is 0.447. The lowest BCUT2D eigenvalue weighted by Gasteiger charge is -2.49. The van der Waals surface area contributed by atoms with Gasteiger partial charge in [0.1, 0.15) is 124 Å². The molecule has 0 radical (unpaired) electrons.